The zero-order valence-electron chi connectivity index (χ0n) is 10.7. The molecule has 1 N–H and O–H groups in total. The minimum atomic E-state index is 0.870. The zero-order chi connectivity index (χ0) is 12.3. The summed E-state index contributed by atoms with van der Waals surface area (Å²) in [5.41, 5.74) is 4.99. The van der Waals surface area contributed by atoms with Crippen LogP contribution in [0.25, 0.3) is 5.69 Å². The second-order valence-electron chi connectivity index (χ2n) is 4.20. The number of aromatic nitrogens is 2. The predicted octanol–water partition coefficient (Wildman–Crippen LogP) is 2.46. The van der Waals surface area contributed by atoms with Crippen LogP contribution in [-0.4, -0.2) is 16.8 Å². The van der Waals surface area contributed by atoms with Crippen LogP contribution in [0.1, 0.15) is 23.7 Å². The van der Waals surface area contributed by atoms with Gasteiger partial charge in [0.05, 0.1) is 11.9 Å². The standard InChI is InChI=1S/C14H19N3/c1-4-13-12(9-15-3)10-16-17(13)14-8-6-5-7-11(14)2/h5-8,10,15H,4,9H2,1-3H3. The molecule has 1 aromatic heterocycles. The van der Waals surface area contributed by atoms with Gasteiger partial charge in [0.15, 0.2) is 0 Å². The normalized spacial score (nSPS) is 10.8. The number of nitrogens with zero attached hydrogens (tertiary/aromatic N) is 2. The Morgan fingerprint density at radius 2 is 2.06 bits per heavy atom. The Balaban J connectivity index is 2.49. The van der Waals surface area contributed by atoms with E-state index in [1.54, 1.807) is 0 Å². The maximum absolute atomic E-state index is 4.51. The summed E-state index contributed by atoms with van der Waals surface area (Å²) < 4.78 is 2.06. The minimum Gasteiger partial charge on any atom is -0.316 e. The lowest BCUT2D eigenvalue weighted by Gasteiger charge is -2.10. The Morgan fingerprint density at radius 1 is 1.29 bits per heavy atom. The molecule has 0 saturated carbocycles. The van der Waals surface area contributed by atoms with Gasteiger partial charge in [-0.05, 0) is 32.0 Å². The summed E-state index contributed by atoms with van der Waals surface area (Å²) in [4.78, 5) is 0. The third-order valence-corrected chi connectivity index (χ3v) is 3.00. The highest BCUT2D eigenvalue weighted by molar-refractivity contribution is 5.41. The van der Waals surface area contributed by atoms with Crippen LogP contribution in [0.5, 0.6) is 0 Å². The summed E-state index contributed by atoms with van der Waals surface area (Å²) in [7, 11) is 1.96. The topological polar surface area (TPSA) is 29.9 Å². The van der Waals surface area contributed by atoms with E-state index in [4.69, 9.17) is 0 Å². The van der Waals surface area contributed by atoms with Crippen LogP contribution in [0.4, 0.5) is 0 Å². The summed E-state index contributed by atoms with van der Waals surface area (Å²) in [6.07, 6.45) is 2.95. The van der Waals surface area contributed by atoms with Crippen LogP contribution in [0.15, 0.2) is 30.5 Å². The number of hydrogen-bond donors (Lipinski definition) is 1. The number of para-hydroxylation sites is 1. The highest BCUT2D eigenvalue weighted by atomic mass is 15.3. The van der Waals surface area contributed by atoms with E-state index >= 15 is 0 Å². The van der Waals surface area contributed by atoms with Crippen molar-refractivity contribution in [1.29, 1.82) is 0 Å². The van der Waals surface area contributed by atoms with Gasteiger partial charge in [-0.3, -0.25) is 0 Å². The van der Waals surface area contributed by atoms with Gasteiger partial charge in [-0.1, -0.05) is 25.1 Å². The van der Waals surface area contributed by atoms with E-state index in [-0.39, 0.29) is 0 Å². The lowest BCUT2D eigenvalue weighted by Crippen LogP contribution is -2.09. The molecule has 0 fully saturated rings. The van der Waals surface area contributed by atoms with Gasteiger partial charge >= 0.3 is 0 Å². The second kappa shape index (κ2) is 5.15. The zero-order valence-corrected chi connectivity index (χ0v) is 10.7. The van der Waals surface area contributed by atoms with Crippen LogP contribution in [0.2, 0.25) is 0 Å². The third-order valence-electron chi connectivity index (χ3n) is 3.00. The van der Waals surface area contributed by atoms with Gasteiger partial charge in [0, 0.05) is 17.8 Å². The van der Waals surface area contributed by atoms with E-state index in [1.165, 1.54) is 22.5 Å². The quantitative estimate of drug-likeness (QED) is 0.872. The van der Waals surface area contributed by atoms with Gasteiger partial charge in [0.1, 0.15) is 0 Å². The molecule has 3 heteroatoms. The molecule has 1 aromatic carbocycles. The first-order valence-corrected chi connectivity index (χ1v) is 6.04. The Labute approximate surface area is 102 Å². The molecule has 0 amide bonds. The molecule has 2 aromatic rings. The monoisotopic (exact) mass is 229 g/mol. The highest BCUT2D eigenvalue weighted by Gasteiger charge is 2.10. The fourth-order valence-electron chi connectivity index (χ4n) is 2.13. The number of nitrogens with one attached hydrogen (secondary N) is 1. The molecule has 0 unspecified atom stereocenters. The molecule has 2 rings (SSSR count). The molecular formula is C14H19N3. The van der Waals surface area contributed by atoms with Gasteiger partial charge in [0.25, 0.3) is 0 Å². The maximum atomic E-state index is 4.51. The van der Waals surface area contributed by atoms with Gasteiger partial charge in [-0.15, -0.1) is 0 Å². The SMILES string of the molecule is CCc1c(CNC)cnn1-c1ccccc1C. The van der Waals surface area contributed by atoms with Crippen LogP contribution in [-0.2, 0) is 13.0 Å². The molecule has 0 aliphatic rings. The summed E-state index contributed by atoms with van der Waals surface area (Å²) in [5.74, 6) is 0. The first-order valence-electron chi connectivity index (χ1n) is 6.04. The lowest BCUT2D eigenvalue weighted by atomic mass is 10.1. The van der Waals surface area contributed by atoms with Gasteiger partial charge in [0.2, 0.25) is 0 Å². The first kappa shape index (κ1) is 11.9. The average Bonchev–Trinajstić information content (AvgIpc) is 2.73. The van der Waals surface area contributed by atoms with E-state index in [0.29, 0.717) is 0 Å². The Bertz CT molecular complexity index is 500. The average molecular weight is 229 g/mol. The Hall–Kier alpha value is -1.61. The largest absolute Gasteiger partial charge is 0.316 e. The molecule has 0 aliphatic heterocycles. The van der Waals surface area contributed by atoms with Crippen molar-refractivity contribution < 1.29 is 0 Å². The van der Waals surface area contributed by atoms with Crippen molar-refractivity contribution in [1.82, 2.24) is 15.1 Å². The van der Waals surface area contributed by atoms with Gasteiger partial charge in [-0.2, -0.15) is 5.10 Å². The fourth-order valence-corrected chi connectivity index (χ4v) is 2.13. The number of aryl methyl sites for hydroxylation is 1. The van der Waals surface area contributed by atoms with E-state index in [0.717, 1.165) is 13.0 Å². The summed E-state index contributed by atoms with van der Waals surface area (Å²) in [5, 5.41) is 7.70. The molecule has 0 radical (unpaired) electrons. The van der Waals surface area contributed by atoms with Crippen molar-refractivity contribution >= 4 is 0 Å². The minimum absolute atomic E-state index is 0.870. The Morgan fingerprint density at radius 3 is 2.71 bits per heavy atom. The van der Waals surface area contributed by atoms with E-state index in [9.17, 15) is 0 Å². The predicted molar refractivity (Wildman–Crippen MR) is 70.4 cm³/mol. The van der Waals surface area contributed by atoms with E-state index in [1.807, 2.05) is 13.2 Å². The molecule has 0 aliphatic carbocycles. The van der Waals surface area contributed by atoms with E-state index < -0.39 is 0 Å². The summed E-state index contributed by atoms with van der Waals surface area (Å²) in [6, 6.07) is 8.35. The number of hydrogen-bond acceptors (Lipinski definition) is 2. The molecule has 90 valence electrons. The van der Waals surface area contributed by atoms with Crippen LogP contribution in [0.3, 0.4) is 0 Å². The van der Waals surface area contributed by atoms with Gasteiger partial charge < -0.3 is 5.32 Å². The fraction of sp³-hybridized carbons (Fsp3) is 0.357. The molecule has 0 spiro atoms. The molecule has 0 saturated heterocycles. The van der Waals surface area contributed by atoms with Crippen molar-refractivity contribution in [3.05, 3.63) is 47.3 Å². The molecule has 0 bridgehead atoms. The van der Waals surface area contributed by atoms with E-state index in [2.05, 4.69) is 53.2 Å². The smallest absolute Gasteiger partial charge is 0.0678 e. The summed E-state index contributed by atoms with van der Waals surface area (Å²) >= 11 is 0. The van der Waals surface area contributed by atoms with Crippen molar-refractivity contribution in [3.8, 4) is 5.69 Å². The molecule has 1 heterocycles. The van der Waals surface area contributed by atoms with Crippen LogP contribution < -0.4 is 5.32 Å². The maximum Gasteiger partial charge on any atom is 0.0678 e. The first-order chi connectivity index (χ1) is 8.27. The number of benzene rings is 1. The van der Waals surface area contributed by atoms with Crippen molar-refractivity contribution in [2.45, 2.75) is 26.8 Å². The van der Waals surface area contributed by atoms with Crippen molar-refractivity contribution in [2.75, 3.05) is 7.05 Å². The second-order valence-corrected chi connectivity index (χ2v) is 4.20. The molecular weight excluding hydrogens is 210 g/mol. The van der Waals surface area contributed by atoms with Crippen molar-refractivity contribution in [2.24, 2.45) is 0 Å². The number of rotatable bonds is 4. The Kier molecular flexibility index (Phi) is 3.59. The highest BCUT2D eigenvalue weighted by Crippen LogP contribution is 2.18. The molecule has 17 heavy (non-hydrogen) atoms. The third kappa shape index (κ3) is 2.24. The lowest BCUT2D eigenvalue weighted by molar-refractivity contribution is 0.777. The van der Waals surface area contributed by atoms with Crippen molar-refractivity contribution in [3.63, 3.8) is 0 Å². The summed E-state index contributed by atoms with van der Waals surface area (Å²) in [6.45, 7) is 5.16. The van der Waals surface area contributed by atoms with Crippen LogP contribution in [0, 0.1) is 6.92 Å². The molecule has 0 atom stereocenters. The molecule has 3 nitrogen and oxygen atoms in total. The van der Waals surface area contributed by atoms with Crippen LogP contribution >= 0.6 is 0 Å². The van der Waals surface area contributed by atoms with Gasteiger partial charge in [-0.25, -0.2) is 4.68 Å².